The van der Waals surface area contributed by atoms with E-state index in [-0.39, 0.29) is 35.8 Å². The first-order valence-corrected chi connectivity index (χ1v) is 9.84. The molecule has 2 aliphatic rings. The topological polar surface area (TPSA) is 41.4 Å². The predicted octanol–water partition coefficient (Wildman–Crippen LogP) is 3.81. The predicted molar refractivity (Wildman–Crippen MR) is 103 cm³/mol. The number of halogens is 4. The van der Waals surface area contributed by atoms with Gasteiger partial charge in [0.05, 0.1) is 35.4 Å². The molecule has 28 heavy (non-hydrogen) atoms. The van der Waals surface area contributed by atoms with Crippen molar-refractivity contribution in [1.82, 2.24) is 19.6 Å². The van der Waals surface area contributed by atoms with Crippen LogP contribution in [0.1, 0.15) is 34.2 Å². The van der Waals surface area contributed by atoms with Gasteiger partial charge < -0.3 is 4.90 Å². The molecular formula is C19H20Cl2F2N4O. The van der Waals surface area contributed by atoms with Gasteiger partial charge in [-0.05, 0) is 32.2 Å². The smallest absolute Gasteiger partial charge is 0.302 e. The second-order valence-electron chi connectivity index (χ2n) is 7.55. The second kappa shape index (κ2) is 6.97. The maximum Gasteiger partial charge on any atom is 0.302 e. The third-order valence-electron chi connectivity index (χ3n) is 5.42. The highest BCUT2D eigenvalue weighted by Crippen LogP contribution is 2.38. The van der Waals surface area contributed by atoms with Crippen LogP contribution in [0.5, 0.6) is 0 Å². The number of hydrogen-bond donors (Lipinski definition) is 0. The van der Waals surface area contributed by atoms with Crippen LogP contribution in [0, 0.1) is 0 Å². The molecule has 0 fully saturated rings. The third kappa shape index (κ3) is 3.29. The molecule has 0 saturated heterocycles. The van der Waals surface area contributed by atoms with Crippen molar-refractivity contribution in [3.05, 3.63) is 50.8 Å². The van der Waals surface area contributed by atoms with Crippen LogP contribution < -0.4 is 0 Å². The zero-order valence-corrected chi connectivity index (χ0v) is 17.1. The minimum atomic E-state index is -3.02. The van der Waals surface area contributed by atoms with Gasteiger partial charge in [-0.25, -0.2) is 0 Å². The molecule has 1 amide bonds. The van der Waals surface area contributed by atoms with Gasteiger partial charge >= 0.3 is 5.92 Å². The Balaban J connectivity index is 1.71. The average molecular weight is 429 g/mol. The van der Waals surface area contributed by atoms with E-state index in [1.165, 1.54) is 10.7 Å². The van der Waals surface area contributed by atoms with Gasteiger partial charge in [0, 0.05) is 30.1 Å². The summed E-state index contributed by atoms with van der Waals surface area (Å²) in [6.45, 7) is 2.55. The van der Waals surface area contributed by atoms with Crippen molar-refractivity contribution in [2.75, 3.05) is 20.1 Å². The molecule has 0 radical (unpaired) electrons. The second-order valence-corrected chi connectivity index (χ2v) is 8.37. The first-order valence-electron chi connectivity index (χ1n) is 9.09. The molecule has 4 rings (SSSR count). The Labute approximate surface area is 171 Å². The van der Waals surface area contributed by atoms with E-state index >= 15 is 0 Å². The van der Waals surface area contributed by atoms with Crippen LogP contribution in [-0.4, -0.2) is 51.7 Å². The molecule has 2 aromatic rings. The van der Waals surface area contributed by atoms with Gasteiger partial charge in [-0.2, -0.15) is 13.9 Å². The van der Waals surface area contributed by atoms with Crippen molar-refractivity contribution < 1.29 is 13.6 Å². The van der Waals surface area contributed by atoms with Crippen molar-refractivity contribution in [2.45, 2.75) is 38.4 Å². The number of aromatic nitrogens is 2. The summed E-state index contributed by atoms with van der Waals surface area (Å²) in [5.41, 5.74) is 1.44. The Kier molecular flexibility index (Phi) is 4.88. The fraction of sp³-hybridized carbons (Fsp3) is 0.474. The Morgan fingerprint density at radius 1 is 1.25 bits per heavy atom. The van der Waals surface area contributed by atoms with E-state index < -0.39 is 5.92 Å². The largest absolute Gasteiger partial charge is 0.331 e. The molecule has 5 nitrogen and oxygen atoms in total. The number of nitrogens with zero attached hydrogens (tertiary/aromatic N) is 4. The maximum atomic E-state index is 14.9. The Hall–Kier alpha value is -1.70. The number of carbonyl (C=O) groups is 1. The van der Waals surface area contributed by atoms with Crippen molar-refractivity contribution in [3.63, 3.8) is 0 Å². The van der Waals surface area contributed by atoms with E-state index in [9.17, 15) is 13.6 Å². The first kappa shape index (κ1) is 19.6. The van der Waals surface area contributed by atoms with E-state index in [1.54, 1.807) is 29.0 Å². The summed E-state index contributed by atoms with van der Waals surface area (Å²) < 4.78 is 31.3. The van der Waals surface area contributed by atoms with E-state index in [4.69, 9.17) is 23.2 Å². The van der Waals surface area contributed by atoms with E-state index in [0.29, 0.717) is 41.4 Å². The fourth-order valence-corrected chi connectivity index (χ4v) is 4.29. The van der Waals surface area contributed by atoms with Crippen LogP contribution in [0.25, 0.3) is 0 Å². The number of likely N-dealkylation sites (N-methyl/N-ethyl adjacent to an activating group) is 1. The molecule has 1 aromatic carbocycles. The Morgan fingerprint density at radius 2 is 2.00 bits per heavy atom. The Bertz CT molecular complexity index is 946. The molecule has 0 aliphatic carbocycles. The summed E-state index contributed by atoms with van der Waals surface area (Å²) >= 11 is 12.0. The molecular weight excluding hydrogens is 409 g/mol. The Morgan fingerprint density at radius 3 is 2.71 bits per heavy atom. The SMILES string of the molecule is C[C@@H]1Cc2nn3c(c2CN1C(=O)c1ccc(Cl)c(Cl)c1)C(F)(F)CN(C)CC3. The number of carbonyl (C=O) groups excluding carboxylic acids is 1. The molecule has 0 N–H and O–H groups in total. The molecule has 0 spiro atoms. The lowest BCUT2D eigenvalue weighted by atomic mass is 9.96. The van der Waals surface area contributed by atoms with Gasteiger partial charge in [-0.15, -0.1) is 0 Å². The highest BCUT2D eigenvalue weighted by molar-refractivity contribution is 6.42. The van der Waals surface area contributed by atoms with E-state index in [2.05, 4.69) is 5.10 Å². The number of rotatable bonds is 1. The van der Waals surface area contributed by atoms with Crippen LogP contribution in [-0.2, 0) is 25.4 Å². The standard InChI is InChI=1S/C19H20Cl2F2N4O/c1-11-7-16-13(17-19(22,23)10-25(2)5-6-27(17)24-16)9-26(11)18(28)12-3-4-14(20)15(21)8-12/h3-4,8,11H,5-7,9-10H2,1-2H3/t11-/m1/s1. The van der Waals surface area contributed by atoms with Crippen molar-refractivity contribution in [2.24, 2.45) is 0 Å². The van der Waals surface area contributed by atoms with Crippen LogP contribution in [0.2, 0.25) is 10.0 Å². The number of benzene rings is 1. The molecule has 3 heterocycles. The average Bonchev–Trinajstić information content (AvgIpc) is 2.93. The van der Waals surface area contributed by atoms with Crippen LogP contribution in [0.3, 0.4) is 0 Å². The van der Waals surface area contributed by atoms with E-state index in [1.807, 2.05) is 6.92 Å². The number of alkyl halides is 2. The molecule has 0 bridgehead atoms. The van der Waals surface area contributed by atoms with Crippen molar-refractivity contribution >= 4 is 29.1 Å². The molecule has 0 unspecified atom stereocenters. The number of fused-ring (bicyclic) bond motifs is 3. The highest BCUT2D eigenvalue weighted by Gasteiger charge is 2.44. The van der Waals surface area contributed by atoms with E-state index in [0.717, 1.165) is 0 Å². The van der Waals surface area contributed by atoms with Gasteiger partial charge in [-0.1, -0.05) is 23.2 Å². The van der Waals surface area contributed by atoms with Gasteiger partial charge in [0.2, 0.25) is 0 Å². The lowest BCUT2D eigenvalue weighted by Crippen LogP contribution is -2.43. The summed E-state index contributed by atoms with van der Waals surface area (Å²) in [5.74, 6) is -3.28. The molecule has 150 valence electrons. The van der Waals surface area contributed by atoms with Crippen molar-refractivity contribution in [1.29, 1.82) is 0 Å². The highest BCUT2D eigenvalue weighted by atomic mass is 35.5. The molecule has 1 aromatic heterocycles. The number of amides is 1. The fourth-order valence-electron chi connectivity index (χ4n) is 3.99. The summed E-state index contributed by atoms with van der Waals surface area (Å²) in [4.78, 5) is 16.3. The summed E-state index contributed by atoms with van der Waals surface area (Å²) in [5, 5.41) is 5.10. The third-order valence-corrected chi connectivity index (χ3v) is 6.16. The summed E-state index contributed by atoms with van der Waals surface area (Å²) in [6, 6.07) is 4.51. The molecule has 1 atom stereocenters. The minimum Gasteiger partial charge on any atom is -0.331 e. The molecule has 0 saturated carbocycles. The van der Waals surface area contributed by atoms with Gasteiger partial charge in [-0.3, -0.25) is 14.4 Å². The monoisotopic (exact) mass is 428 g/mol. The summed E-state index contributed by atoms with van der Waals surface area (Å²) in [7, 11) is 1.68. The summed E-state index contributed by atoms with van der Waals surface area (Å²) in [6.07, 6.45) is 0.439. The van der Waals surface area contributed by atoms with Crippen LogP contribution >= 0.6 is 23.2 Å². The van der Waals surface area contributed by atoms with Crippen LogP contribution in [0.15, 0.2) is 18.2 Å². The van der Waals surface area contributed by atoms with Crippen LogP contribution in [0.4, 0.5) is 8.78 Å². The van der Waals surface area contributed by atoms with Gasteiger partial charge in [0.25, 0.3) is 5.91 Å². The minimum absolute atomic E-state index is 0.0642. The number of hydrogen-bond acceptors (Lipinski definition) is 3. The quantitative estimate of drug-likeness (QED) is 0.693. The normalized spacial score (nSPS) is 21.8. The van der Waals surface area contributed by atoms with Crippen molar-refractivity contribution in [3.8, 4) is 0 Å². The lowest BCUT2D eigenvalue weighted by molar-refractivity contribution is -0.0326. The molecule has 2 aliphatic heterocycles. The van der Waals surface area contributed by atoms with Gasteiger partial charge in [0.15, 0.2) is 0 Å². The van der Waals surface area contributed by atoms with Gasteiger partial charge in [0.1, 0.15) is 5.69 Å². The first-order chi connectivity index (χ1) is 13.2. The lowest BCUT2D eigenvalue weighted by Gasteiger charge is -2.34. The zero-order valence-electron chi connectivity index (χ0n) is 15.6. The maximum absolute atomic E-state index is 14.9. The molecule has 9 heteroatoms. The zero-order chi connectivity index (χ0) is 20.2.